The molecule has 1 N–H and O–H groups in total. The van der Waals surface area contributed by atoms with Gasteiger partial charge in [-0.05, 0) is 141 Å². The first-order valence-electron chi connectivity index (χ1n) is 33.2. The first-order valence-corrected chi connectivity index (χ1v) is 34.7. The largest absolute Gasteiger partial charge is 0.472 e. The summed E-state index contributed by atoms with van der Waals surface area (Å²) in [7, 11) is 1.43. The Morgan fingerprint density at radius 2 is 0.628 bits per heavy atom. The zero-order chi connectivity index (χ0) is 62.6. The van der Waals surface area contributed by atoms with Gasteiger partial charge < -0.3 is 18.9 Å². The molecule has 0 aromatic carbocycles. The van der Waals surface area contributed by atoms with Crippen molar-refractivity contribution in [3.8, 4) is 0 Å². The lowest BCUT2D eigenvalue weighted by Gasteiger charge is -2.24. The topological polar surface area (TPSA) is 108 Å². The van der Waals surface area contributed by atoms with Crippen molar-refractivity contribution in [1.29, 1.82) is 0 Å². The normalized spacial score (nSPS) is 14.4. The lowest BCUT2D eigenvalue weighted by Crippen LogP contribution is -2.37. The van der Waals surface area contributed by atoms with Crippen molar-refractivity contribution in [3.63, 3.8) is 0 Å². The monoisotopic (exact) mass is 1210 g/mol. The molecule has 482 valence electrons. The Bertz CT molecular complexity index is 2150. The molecular formula is C76H121NO8P+. The molecule has 0 saturated heterocycles. The van der Waals surface area contributed by atoms with Crippen molar-refractivity contribution in [3.05, 3.63) is 194 Å². The van der Waals surface area contributed by atoms with Crippen LogP contribution in [0.5, 0.6) is 0 Å². The van der Waals surface area contributed by atoms with Crippen LogP contribution in [0, 0.1) is 0 Å². The van der Waals surface area contributed by atoms with Crippen molar-refractivity contribution >= 4 is 19.8 Å². The molecule has 2 unspecified atom stereocenters. The van der Waals surface area contributed by atoms with Gasteiger partial charge in [-0.2, -0.15) is 0 Å². The Morgan fingerprint density at radius 3 is 0.930 bits per heavy atom. The van der Waals surface area contributed by atoms with E-state index in [1.54, 1.807) is 0 Å². The van der Waals surface area contributed by atoms with Gasteiger partial charge in [-0.1, -0.05) is 260 Å². The van der Waals surface area contributed by atoms with Gasteiger partial charge in [-0.3, -0.25) is 18.6 Å². The summed E-state index contributed by atoms with van der Waals surface area (Å²) in [6, 6.07) is 0. The summed E-state index contributed by atoms with van der Waals surface area (Å²) in [4.78, 5) is 35.8. The average Bonchev–Trinajstić information content (AvgIpc) is 3.56. The Kier molecular flexibility index (Phi) is 60.5. The summed E-state index contributed by atoms with van der Waals surface area (Å²) >= 11 is 0. The van der Waals surface area contributed by atoms with Gasteiger partial charge in [0, 0.05) is 12.8 Å². The molecule has 0 radical (unpaired) electrons. The molecule has 9 nitrogen and oxygen atoms in total. The van der Waals surface area contributed by atoms with Crippen LogP contribution < -0.4 is 0 Å². The van der Waals surface area contributed by atoms with Gasteiger partial charge in [0.1, 0.15) is 19.8 Å². The van der Waals surface area contributed by atoms with Crippen molar-refractivity contribution < 1.29 is 42.1 Å². The molecule has 0 heterocycles. The fraction of sp³-hybridized carbons (Fsp3) is 0.553. The maximum absolute atomic E-state index is 12.9. The average molecular weight is 1210 g/mol. The second-order valence-corrected chi connectivity index (χ2v) is 23.8. The third-order valence-corrected chi connectivity index (χ3v) is 14.1. The zero-order valence-electron chi connectivity index (χ0n) is 54.7. The number of allylic oxidation sites excluding steroid dienone is 32. The highest BCUT2D eigenvalue weighted by Crippen LogP contribution is 2.43. The number of hydrogen-bond donors (Lipinski definition) is 1. The van der Waals surface area contributed by atoms with E-state index in [9.17, 15) is 19.0 Å². The smallest absolute Gasteiger partial charge is 0.462 e. The Hall–Kier alpha value is -5.15. The van der Waals surface area contributed by atoms with Crippen LogP contribution in [0.25, 0.3) is 0 Å². The van der Waals surface area contributed by atoms with Crippen molar-refractivity contribution in [1.82, 2.24) is 0 Å². The number of hydrogen-bond acceptors (Lipinski definition) is 7. The Morgan fingerprint density at radius 1 is 0.360 bits per heavy atom. The number of phosphoric ester groups is 1. The van der Waals surface area contributed by atoms with Crippen LogP contribution in [0.3, 0.4) is 0 Å². The van der Waals surface area contributed by atoms with E-state index in [2.05, 4.69) is 208 Å². The third-order valence-electron chi connectivity index (χ3n) is 13.1. The van der Waals surface area contributed by atoms with Crippen LogP contribution >= 0.6 is 7.82 Å². The lowest BCUT2D eigenvalue weighted by atomic mass is 10.1. The molecule has 86 heavy (non-hydrogen) atoms. The number of quaternary nitrogens is 1. The van der Waals surface area contributed by atoms with Gasteiger partial charge in [-0.25, -0.2) is 4.57 Å². The number of phosphoric acid groups is 1. The molecule has 0 saturated carbocycles. The molecule has 0 aliphatic heterocycles. The van der Waals surface area contributed by atoms with Crippen molar-refractivity contribution in [2.75, 3.05) is 47.5 Å². The van der Waals surface area contributed by atoms with Gasteiger partial charge >= 0.3 is 19.8 Å². The molecule has 0 aromatic heterocycles. The number of carbonyl (C=O) groups excluding carboxylic acids is 2. The molecule has 0 bridgehead atoms. The SMILES string of the molecule is CC/C=C\C/C=C\C/C=C\C/C=C\C/C=C\C/C=C\C/C=C\C/C=C\C/C=C\CCCCCCCCCC(=O)OC(COC(=O)CCCCCCC/C=C\C/C=C\C/C=C\C/C=C\C/C=C\C/C=C\C/C=C\CC)COP(=O)(O)OCC[N+](C)(C)C. The highest BCUT2D eigenvalue weighted by atomic mass is 31.2. The molecule has 10 heteroatoms. The number of ether oxygens (including phenoxy) is 2. The van der Waals surface area contributed by atoms with Crippen molar-refractivity contribution in [2.45, 2.75) is 225 Å². The van der Waals surface area contributed by atoms with Gasteiger partial charge in [0.05, 0.1) is 27.7 Å². The van der Waals surface area contributed by atoms with Crippen LogP contribution in [0.1, 0.15) is 219 Å². The molecule has 0 aliphatic rings. The third kappa shape index (κ3) is 68.0. The van der Waals surface area contributed by atoms with E-state index in [1.165, 1.54) is 12.8 Å². The van der Waals surface area contributed by atoms with E-state index in [1.807, 2.05) is 21.1 Å². The maximum atomic E-state index is 12.9. The molecule has 2 atom stereocenters. The minimum Gasteiger partial charge on any atom is -0.462 e. The summed E-state index contributed by atoms with van der Waals surface area (Å²) in [5, 5.41) is 0. The number of rotatable bonds is 58. The number of unbranched alkanes of at least 4 members (excludes halogenated alkanes) is 12. The van der Waals surface area contributed by atoms with Gasteiger partial charge in [0.25, 0.3) is 0 Å². The molecule has 0 amide bonds. The maximum Gasteiger partial charge on any atom is 0.472 e. The molecule has 0 aromatic rings. The van der Waals surface area contributed by atoms with Gasteiger partial charge in [0.15, 0.2) is 6.10 Å². The fourth-order valence-corrected chi connectivity index (χ4v) is 8.85. The summed E-state index contributed by atoms with van der Waals surface area (Å²) in [5.74, 6) is -0.849. The van der Waals surface area contributed by atoms with Crippen LogP contribution in [0.4, 0.5) is 0 Å². The van der Waals surface area contributed by atoms with E-state index >= 15 is 0 Å². The van der Waals surface area contributed by atoms with E-state index in [4.69, 9.17) is 18.5 Å². The predicted molar refractivity (Wildman–Crippen MR) is 371 cm³/mol. The number of esters is 2. The van der Waals surface area contributed by atoms with Crippen LogP contribution in [0.2, 0.25) is 0 Å². The highest BCUT2D eigenvalue weighted by Gasteiger charge is 2.27. The molecule has 0 fully saturated rings. The Labute approximate surface area is 526 Å². The predicted octanol–water partition coefficient (Wildman–Crippen LogP) is 21.7. The van der Waals surface area contributed by atoms with Crippen LogP contribution in [-0.2, 0) is 32.7 Å². The van der Waals surface area contributed by atoms with E-state index in [-0.39, 0.29) is 26.1 Å². The first-order chi connectivity index (χ1) is 42.0. The van der Waals surface area contributed by atoms with Gasteiger partial charge in [-0.15, -0.1) is 0 Å². The Balaban J connectivity index is 4.24. The van der Waals surface area contributed by atoms with Crippen molar-refractivity contribution in [2.24, 2.45) is 0 Å². The lowest BCUT2D eigenvalue weighted by molar-refractivity contribution is -0.870. The minimum absolute atomic E-state index is 0.0140. The number of nitrogens with zero attached hydrogens (tertiary/aromatic N) is 1. The first kappa shape index (κ1) is 80.8. The second kappa shape index (κ2) is 64.3. The standard InChI is InChI=1S/C76H120NO8P/c1-6-8-10-12-14-16-18-20-22-24-26-28-30-32-34-35-36-37-38-39-40-41-43-45-47-49-51-53-55-57-59-61-63-65-67-69-76(79)85-74(73-84-86(80,81)83-71-70-77(3,4)5)72-82-75(78)68-66-64-62-60-58-56-54-52-50-48-46-44-42-33-31-29-27-25-23-21-19-17-15-13-11-9-7-2/h8-11,14-17,20-23,26-29,32-34,36-37,39-40,42-43,45-46,48-49,51-52,54,74H,6-7,12-13,18-19,24-25,30-31,35,38,41,44,47,50,53,55-73H2,1-5H3/p+1/b10-8-,11-9-,16-14-,17-15-,22-20-,23-21-,28-26-,29-27-,34-32-,37-36-,40-39-,42-33-,45-43-,48-46-,51-49-,54-52-. The zero-order valence-corrected chi connectivity index (χ0v) is 55.6. The summed E-state index contributed by atoms with van der Waals surface area (Å²) in [6.45, 7) is 4.14. The molecule has 0 spiro atoms. The summed E-state index contributed by atoms with van der Waals surface area (Å²) < 4.78 is 34.6. The molecule has 0 aliphatic carbocycles. The number of carbonyl (C=O) groups is 2. The number of likely N-dealkylation sites (N-methyl/N-ethyl adjacent to an activating group) is 1. The fourth-order valence-electron chi connectivity index (χ4n) is 8.10. The van der Waals surface area contributed by atoms with Crippen LogP contribution in [-0.4, -0.2) is 74.9 Å². The minimum atomic E-state index is -4.42. The molecular weight excluding hydrogens is 1090 g/mol. The second-order valence-electron chi connectivity index (χ2n) is 22.4. The summed E-state index contributed by atoms with van der Waals surface area (Å²) in [6.07, 6.45) is 101. The van der Waals surface area contributed by atoms with E-state index in [0.717, 1.165) is 167 Å². The van der Waals surface area contributed by atoms with E-state index < -0.39 is 32.5 Å². The van der Waals surface area contributed by atoms with E-state index in [0.29, 0.717) is 23.9 Å². The highest BCUT2D eigenvalue weighted by molar-refractivity contribution is 7.47. The summed E-state index contributed by atoms with van der Waals surface area (Å²) in [5.41, 5.74) is 0. The van der Waals surface area contributed by atoms with Crippen LogP contribution in [0.15, 0.2) is 194 Å². The van der Waals surface area contributed by atoms with Gasteiger partial charge in [0.2, 0.25) is 0 Å². The quantitative estimate of drug-likeness (QED) is 0.0211. The molecule has 0 rings (SSSR count).